The Morgan fingerprint density at radius 1 is 1.10 bits per heavy atom. The van der Waals surface area contributed by atoms with E-state index in [9.17, 15) is 4.79 Å². The molecular formula is C25H34N4O2. The minimum atomic E-state index is 0.00135. The van der Waals surface area contributed by atoms with Crippen molar-refractivity contribution in [3.05, 3.63) is 36.2 Å². The summed E-state index contributed by atoms with van der Waals surface area (Å²) in [5, 5.41) is 0. The number of hydrogen-bond donors (Lipinski definition) is 0. The van der Waals surface area contributed by atoms with Crippen LogP contribution in [0, 0.1) is 5.92 Å². The Morgan fingerprint density at radius 2 is 1.81 bits per heavy atom. The van der Waals surface area contributed by atoms with E-state index in [1.54, 1.807) is 7.11 Å². The average molecular weight is 423 g/mol. The molecule has 1 aromatic carbocycles. The van der Waals surface area contributed by atoms with Gasteiger partial charge in [0.1, 0.15) is 5.75 Å². The van der Waals surface area contributed by atoms with Gasteiger partial charge < -0.3 is 14.5 Å². The number of methoxy groups -OCH3 is 1. The van der Waals surface area contributed by atoms with Crippen molar-refractivity contribution in [3.63, 3.8) is 0 Å². The largest absolute Gasteiger partial charge is 0.497 e. The molecule has 0 radical (unpaired) electrons. The van der Waals surface area contributed by atoms with Gasteiger partial charge in [0, 0.05) is 38.8 Å². The summed E-state index contributed by atoms with van der Waals surface area (Å²) in [5.74, 6) is 2.35. The van der Waals surface area contributed by atoms with Crippen molar-refractivity contribution in [2.24, 2.45) is 5.92 Å². The number of carbonyl (C=O) groups is 1. The normalized spacial score (nSPS) is 19.5. The van der Waals surface area contributed by atoms with Gasteiger partial charge in [-0.05, 0) is 55.7 Å². The van der Waals surface area contributed by atoms with Gasteiger partial charge in [-0.3, -0.25) is 4.79 Å². The zero-order valence-corrected chi connectivity index (χ0v) is 19.0. The zero-order valence-electron chi connectivity index (χ0n) is 19.0. The molecule has 6 nitrogen and oxygen atoms in total. The van der Waals surface area contributed by atoms with Gasteiger partial charge in [-0.25, -0.2) is 9.97 Å². The van der Waals surface area contributed by atoms with Crippen LogP contribution in [-0.4, -0.2) is 48.5 Å². The number of carbonyl (C=O) groups excluding carboxylic acids is 1. The molecule has 1 atom stereocenters. The van der Waals surface area contributed by atoms with Crippen LogP contribution in [-0.2, 0) is 4.79 Å². The summed E-state index contributed by atoms with van der Waals surface area (Å²) in [6.07, 6.45) is 10.6. The van der Waals surface area contributed by atoms with Crippen LogP contribution in [0.2, 0.25) is 0 Å². The summed E-state index contributed by atoms with van der Waals surface area (Å²) >= 11 is 0. The summed E-state index contributed by atoms with van der Waals surface area (Å²) in [5.41, 5.74) is 3.01. The summed E-state index contributed by atoms with van der Waals surface area (Å²) in [6, 6.07) is 8.01. The molecule has 2 aromatic rings. The van der Waals surface area contributed by atoms with Crippen molar-refractivity contribution in [2.75, 3.05) is 32.6 Å². The molecule has 1 aliphatic heterocycles. The van der Waals surface area contributed by atoms with Gasteiger partial charge in [0.25, 0.3) is 0 Å². The summed E-state index contributed by atoms with van der Waals surface area (Å²) in [7, 11) is 5.58. The molecule has 1 saturated heterocycles. The predicted octanol–water partition coefficient (Wildman–Crippen LogP) is 4.85. The fourth-order valence-corrected chi connectivity index (χ4v) is 4.94. The molecule has 0 bridgehead atoms. The molecule has 1 aromatic heterocycles. The van der Waals surface area contributed by atoms with Gasteiger partial charge in [0.2, 0.25) is 11.9 Å². The average Bonchev–Trinajstić information content (AvgIpc) is 3.31. The van der Waals surface area contributed by atoms with E-state index in [2.05, 4.69) is 9.88 Å². The second kappa shape index (κ2) is 9.67. The van der Waals surface area contributed by atoms with Gasteiger partial charge in [0.05, 0.1) is 18.8 Å². The Balaban J connectivity index is 1.69. The quantitative estimate of drug-likeness (QED) is 0.666. The molecule has 2 heterocycles. The molecule has 1 aliphatic carbocycles. The van der Waals surface area contributed by atoms with Crippen molar-refractivity contribution < 1.29 is 9.53 Å². The molecule has 1 saturated carbocycles. The Labute approximate surface area is 185 Å². The van der Waals surface area contributed by atoms with Crippen molar-refractivity contribution in [1.82, 2.24) is 14.9 Å². The summed E-state index contributed by atoms with van der Waals surface area (Å²) in [4.78, 5) is 26.9. The number of piperidine rings is 1. The van der Waals surface area contributed by atoms with Crippen molar-refractivity contribution in [3.8, 4) is 16.9 Å². The third-order valence-electron chi connectivity index (χ3n) is 6.68. The molecule has 0 N–H and O–H groups in total. The third-order valence-corrected chi connectivity index (χ3v) is 6.68. The third kappa shape index (κ3) is 4.83. The molecular weight excluding hydrogens is 388 g/mol. The van der Waals surface area contributed by atoms with Crippen LogP contribution in [0.15, 0.2) is 30.5 Å². The predicted molar refractivity (Wildman–Crippen MR) is 123 cm³/mol. The number of anilines is 1. The van der Waals surface area contributed by atoms with E-state index in [4.69, 9.17) is 9.72 Å². The molecule has 2 aliphatic rings. The number of rotatable bonds is 6. The Morgan fingerprint density at radius 3 is 2.48 bits per heavy atom. The molecule has 0 unspecified atom stereocenters. The molecule has 2 fully saturated rings. The lowest BCUT2D eigenvalue weighted by Gasteiger charge is -2.37. The highest BCUT2D eigenvalue weighted by atomic mass is 16.5. The maximum atomic E-state index is 13.3. The number of ether oxygens (including phenoxy) is 1. The first-order valence-corrected chi connectivity index (χ1v) is 11.5. The van der Waals surface area contributed by atoms with E-state index < -0.39 is 0 Å². The standard InChI is InChI=1S/C25H34N4O2/c1-28(2)25-26-17-21(19-11-13-20(31-3)14-12-19)24(27-25)22-10-6-7-15-29(22)23(30)16-18-8-4-5-9-18/h11-14,17-18,22H,4-10,15-16H2,1-3H3/t22-/m0/s1. The molecule has 4 rings (SSSR count). The Bertz CT molecular complexity index is 891. The lowest BCUT2D eigenvalue weighted by Crippen LogP contribution is -2.40. The smallest absolute Gasteiger partial charge is 0.225 e. The minimum absolute atomic E-state index is 0.00135. The Kier molecular flexibility index (Phi) is 6.73. The van der Waals surface area contributed by atoms with E-state index in [-0.39, 0.29) is 6.04 Å². The molecule has 0 spiro atoms. The van der Waals surface area contributed by atoms with Gasteiger partial charge >= 0.3 is 0 Å². The molecule has 1 amide bonds. The molecule has 6 heteroatoms. The number of hydrogen-bond acceptors (Lipinski definition) is 5. The van der Waals surface area contributed by atoms with E-state index >= 15 is 0 Å². The van der Waals surface area contributed by atoms with E-state index in [0.717, 1.165) is 48.4 Å². The van der Waals surface area contributed by atoms with E-state index in [0.29, 0.717) is 24.2 Å². The maximum Gasteiger partial charge on any atom is 0.225 e. The highest BCUT2D eigenvalue weighted by Gasteiger charge is 2.33. The SMILES string of the molecule is COc1ccc(-c2cnc(N(C)C)nc2[C@@H]2CCCCN2C(=O)CC2CCCC2)cc1. The number of benzene rings is 1. The Hall–Kier alpha value is -2.63. The first-order chi connectivity index (χ1) is 15.1. The maximum absolute atomic E-state index is 13.3. The van der Waals surface area contributed by atoms with Crippen LogP contribution in [0.1, 0.15) is 63.1 Å². The lowest BCUT2D eigenvalue weighted by atomic mass is 9.92. The second-order valence-electron chi connectivity index (χ2n) is 9.05. The summed E-state index contributed by atoms with van der Waals surface area (Å²) < 4.78 is 5.32. The zero-order chi connectivity index (χ0) is 21.8. The number of aromatic nitrogens is 2. The van der Waals surface area contributed by atoms with Crippen LogP contribution in [0.3, 0.4) is 0 Å². The van der Waals surface area contributed by atoms with Crippen molar-refractivity contribution in [2.45, 2.75) is 57.4 Å². The number of nitrogens with zero attached hydrogens (tertiary/aromatic N) is 4. The second-order valence-corrected chi connectivity index (χ2v) is 9.05. The van der Waals surface area contributed by atoms with E-state index in [1.807, 2.05) is 49.5 Å². The van der Waals surface area contributed by atoms with Gasteiger partial charge in [0.15, 0.2) is 0 Å². The fourth-order valence-electron chi connectivity index (χ4n) is 4.94. The minimum Gasteiger partial charge on any atom is -0.497 e. The van der Waals surface area contributed by atoms with Crippen LogP contribution >= 0.6 is 0 Å². The summed E-state index contributed by atoms with van der Waals surface area (Å²) in [6.45, 7) is 0.819. The fraction of sp³-hybridized carbons (Fsp3) is 0.560. The van der Waals surface area contributed by atoms with Crippen LogP contribution in [0.5, 0.6) is 5.75 Å². The van der Waals surface area contributed by atoms with Gasteiger partial charge in [-0.15, -0.1) is 0 Å². The van der Waals surface area contributed by atoms with Gasteiger partial charge in [-0.2, -0.15) is 0 Å². The lowest BCUT2D eigenvalue weighted by molar-refractivity contribution is -0.136. The molecule has 31 heavy (non-hydrogen) atoms. The van der Waals surface area contributed by atoms with Crippen LogP contribution < -0.4 is 9.64 Å². The highest BCUT2D eigenvalue weighted by molar-refractivity contribution is 5.78. The first-order valence-electron chi connectivity index (χ1n) is 11.5. The topological polar surface area (TPSA) is 58.6 Å². The van der Waals surface area contributed by atoms with Crippen LogP contribution in [0.4, 0.5) is 5.95 Å². The van der Waals surface area contributed by atoms with Crippen molar-refractivity contribution in [1.29, 1.82) is 0 Å². The number of likely N-dealkylation sites (tertiary alicyclic amines) is 1. The van der Waals surface area contributed by atoms with Crippen LogP contribution in [0.25, 0.3) is 11.1 Å². The van der Waals surface area contributed by atoms with E-state index in [1.165, 1.54) is 25.7 Å². The highest BCUT2D eigenvalue weighted by Crippen LogP contribution is 2.38. The monoisotopic (exact) mass is 422 g/mol. The number of amides is 1. The first kappa shape index (κ1) is 21.6. The van der Waals surface area contributed by atoms with Crippen molar-refractivity contribution >= 4 is 11.9 Å². The molecule has 166 valence electrons. The van der Waals surface area contributed by atoms with Gasteiger partial charge in [-0.1, -0.05) is 25.0 Å².